The highest BCUT2D eigenvalue weighted by atomic mass is 16.2. The highest BCUT2D eigenvalue weighted by Gasteiger charge is 2.24. The highest BCUT2D eigenvalue weighted by Crippen LogP contribution is 2.19. The van der Waals surface area contributed by atoms with Gasteiger partial charge in [0.2, 0.25) is 0 Å². The molecule has 1 aliphatic rings. The van der Waals surface area contributed by atoms with Gasteiger partial charge in [-0.2, -0.15) is 5.10 Å². The summed E-state index contributed by atoms with van der Waals surface area (Å²) in [6, 6.07) is 9.78. The van der Waals surface area contributed by atoms with Crippen LogP contribution in [0.4, 0.5) is 11.5 Å². The Morgan fingerprint density at radius 1 is 1.12 bits per heavy atom. The van der Waals surface area contributed by atoms with Crippen molar-refractivity contribution in [1.82, 2.24) is 15.1 Å². The van der Waals surface area contributed by atoms with Crippen LogP contribution in [0.15, 0.2) is 36.5 Å². The number of hydrogen-bond donors (Lipinski definition) is 0. The van der Waals surface area contributed by atoms with Crippen LogP contribution >= 0.6 is 0 Å². The van der Waals surface area contributed by atoms with Gasteiger partial charge in [-0.15, -0.1) is 5.10 Å². The molecule has 0 aliphatic carbocycles. The minimum absolute atomic E-state index is 0.112. The molecular weight excluding hydrogens is 302 g/mol. The Kier molecular flexibility index (Phi) is 4.64. The number of carbonyl (C=O) groups is 1. The van der Waals surface area contributed by atoms with Crippen LogP contribution in [-0.4, -0.2) is 61.3 Å². The van der Waals surface area contributed by atoms with E-state index in [9.17, 15) is 4.79 Å². The number of anilines is 2. The molecular formula is C18H23N5O. The molecule has 1 aromatic heterocycles. The Bertz CT molecular complexity index is 723. The summed E-state index contributed by atoms with van der Waals surface area (Å²) < 4.78 is 0. The molecule has 1 amide bonds. The lowest BCUT2D eigenvalue weighted by atomic mass is 10.1. The fourth-order valence-corrected chi connectivity index (χ4v) is 2.87. The number of aryl methyl sites for hydroxylation is 1. The quantitative estimate of drug-likeness (QED) is 0.861. The molecule has 24 heavy (non-hydrogen) atoms. The zero-order valence-corrected chi connectivity index (χ0v) is 14.4. The fourth-order valence-electron chi connectivity index (χ4n) is 2.87. The standard InChI is InChI=1S/C18H23N5O/c1-14-6-4-5-7-16(14)18(24)23-10-8-22(9-11-23)17-12-15(21(2)3)13-19-20-17/h4-7,12-13H,8-11H2,1-3H3. The highest BCUT2D eigenvalue weighted by molar-refractivity contribution is 5.95. The van der Waals surface area contributed by atoms with Crippen molar-refractivity contribution in [2.24, 2.45) is 0 Å². The van der Waals surface area contributed by atoms with E-state index in [1.54, 1.807) is 6.20 Å². The molecule has 0 unspecified atom stereocenters. The smallest absolute Gasteiger partial charge is 0.254 e. The average molecular weight is 325 g/mol. The van der Waals surface area contributed by atoms with Gasteiger partial charge in [0, 0.05) is 51.9 Å². The van der Waals surface area contributed by atoms with Crippen molar-refractivity contribution < 1.29 is 4.79 Å². The van der Waals surface area contributed by atoms with Gasteiger partial charge in [-0.1, -0.05) is 18.2 Å². The van der Waals surface area contributed by atoms with Crippen LogP contribution in [-0.2, 0) is 0 Å². The zero-order valence-electron chi connectivity index (χ0n) is 14.4. The van der Waals surface area contributed by atoms with Crippen LogP contribution in [0.5, 0.6) is 0 Å². The van der Waals surface area contributed by atoms with Gasteiger partial charge in [-0.25, -0.2) is 0 Å². The van der Waals surface area contributed by atoms with E-state index < -0.39 is 0 Å². The summed E-state index contributed by atoms with van der Waals surface area (Å²) in [6.07, 6.45) is 1.75. The van der Waals surface area contributed by atoms with Gasteiger partial charge in [0.05, 0.1) is 11.9 Å². The molecule has 0 saturated carbocycles. The Labute approximate surface area is 142 Å². The van der Waals surface area contributed by atoms with Gasteiger partial charge >= 0.3 is 0 Å². The lowest BCUT2D eigenvalue weighted by Gasteiger charge is -2.35. The number of amides is 1. The van der Waals surface area contributed by atoms with Crippen LogP contribution in [0.2, 0.25) is 0 Å². The van der Waals surface area contributed by atoms with Gasteiger partial charge < -0.3 is 14.7 Å². The third kappa shape index (κ3) is 3.32. The number of piperazine rings is 1. The summed E-state index contributed by atoms with van der Waals surface area (Å²) >= 11 is 0. The molecule has 2 heterocycles. The van der Waals surface area contributed by atoms with Gasteiger partial charge in [0.25, 0.3) is 5.91 Å². The first kappa shape index (κ1) is 16.2. The monoisotopic (exact) mass is 325 g/mol. The molecule has 3 rings (SSSR count). The molecule has 1 aliphatic heterocycles. The molecule has 6 nitrogen and oxygen atoms in total. The van der Waals surface area contributed by atoms with E-state index in [1.807, 2.05) is 61.2 Å². The number of rotatable bonds is 3. The third-order valence-corrected chi connectivity index (χ3v) is 4.41. The second-order valence-electron chi connectivity index (χ2n) is 6.26. The predicted molar refractivity (Wildman–Crippen MR) is 95.7 cm³/mol. The summed E-state index contributed by atoms with van der Waals surface area (Å²) in [5.41, 5.74) is 2.84. The first-order valence-electron chi connectivity index (χ1n) is 8.16. The summed E-state index contributed by atoms with van der Waals surface area (Å²) in [4.78, 5) is 18.8. The van der Waals surface area contributed by atoms with Crippen molar-refractivity contribution in [3.05, 3.63) is 47.7 Å². The minimum Gasteiger partial charge on any atom is -0.376 e. The minimum atomic E-state index is 0.112. The van der Waals surface area contributed by atoms with Gasteiger partial charge in [-0.05, 0) is 18.6 Å². The lowest BCUT2D eigenvalue weighted by Crippen LogP contribution is -2.49. The summed E-state index contributed by atoms with van der Waals surface area (Å²) in [7, 11) is 3.97. The van der Waals surface area contributed by atoms with Crippen molar-refractivity contribution in [2.75, 3.05) is 50.1 Å². The second kappa shape index (κ2) is 6.86. The van der Waals surface area contributed by atoms with Crippen molar-refractivity contribution in [2.45, 2.75) is 6.92 Å². The van der Waals surface area contributed by atoms with Crippen LogP contribution in [0.1, 0.15) is 15.9 Å². The van der Waals surface area contributed by atoms with Crippen LogP contribution in [0.3, 0.4) is 0 Å². The largest absolute Gasteiger partial charge is 0.376 e. The molecule has 1 aromatic carbocycles. The number of nitrogens with zero attached hydrogens (tertiary/aromatic N) is 5. The average Bonchev–Trinajstić information content (AvgIpc) is 2.62. The van der Waals surface area contributed by atoms with Crippen LogP contribution in [0, 0.1) is 6.92 Å². The van der Waals surface area contributed by atoms with Crippen molar-refractivity contribution in [3.63, 3.8) is 0 Å². The summed E-state index contributed by atoms with van der Waals surface area (Å²) in [5, 5.41) is 8.31. The SMILES string of the molecule is Cc1ccccc1C(=O)N1CCN(c2cc(N(C)C)cnn2)CC1. The van der Waals surface area contributed by atoms with E-state index in [0.29, 0.717) is 13.1 Å². The predicted octanol–water partition coefficient (Wildman–Crippen LogP) is 1.81. The Hall–Kier alpha value is -2.63. The first-order valence-corrected chi connectivity index (χ1v) is 8.16. The number of carbonyl (C=O) groups excluding carboxylic acids is 1. The maximum absolute atomic E-state index is 12.7. The van der Waals surface area contributed by atoms with Crippen molar-refractivity contribution in [1.29, 1.82) is 0 Å². The molecule has 1 saturated heterocycles. The maximum Gasteiger partial charge on any atom is 0.254 e. The summed E-state index contributed by atoms with van der Waals surface area (Å²) in [5.74, 6) is 0.977. The molecule has 1 fully saturated rings. The van der Waals surface area contributed by atoms with Crippen LogP contribution < -0.4 is 9.80 Å². The molecule has 6 heteroatoms. The maximum atomic E-state index is 12.7. The molecule has 0 spiro atoms. The van der Waals surface area contributed by atoms with E-state index >= 15 is 0 Å². The van der Waals surface area contributed by atoms with Gasteiger partial charge in [0.15, 0.2) is 5.82 Å². The second-order valence-corrected chi connectivity index (χ2v) is 6.26. The van der Waals surface area contributed by atoms with Crippen LogP contribution in [0.25, 0.3) is 0 Å². The zero-order chi connectivity index (χ0) is 17.1. The normalized spacial score (nSPS) is 14.6. The van der Waals surface area contributed by atoms with E-state index in [-0.39, 0.29) is 5.91 Å². The Morgan fingerprint density at radius 2 is 1.83 bits per heavy atom. The Balaban J connectivity index is 1.67. The topological polar surface area (TPSA) is 52.6 Å². The molecule has 0 N–H and O–H groups in total. The van der Waals surface area contributed by atoms with E-state index in [1.165, 1.54) is 0 Å². The van der Waals surface area contributed by atoms with E-state index in [4.69, 9.17) is 0 Å². The molecule has 2 aromatic rings. The van der Waals surface area contributed by atoms with E-state index in [0.717, 1.165) is 35.7 Å². The Morgan fingerprint density at radius 3 is 2.50 bits per heavy atom. The molecule has 0 bridgehead atoms. The molecule has 126 valence electrons. The van der Waals surface area contributed by atoms with E-state index in [2.05, 4.69) is 15.1 Å². The third-order valence-electron chi connectivity index (χ3n) is 4.41. The number of benzene rings is 1. The number of aromatic nitrogens is 2. The molecule has 0 radical (unpaired) electrons. The molecule has 0 atom stereocenters. The van der Waals surface area contributed by atoms with Crippen molar-refractivity contribution in [3.8, 4) is 0 Å². The van der Waals surface area contributed by atoms with Gasteiger partial charge in [-0.3, -0.25) is 4.79 Å². The number of hydrogen-bond acceptors (Lipinski definition) is 5. The fraction of sp³-hybridized carbons (Fsp3) is 0.389. The first-order chi connectivity index (χ1) is 11.6. The van der Waals surface area contributed by atoms with Gasteiger partial charge in [0.1, 0.15) is 0 Å². The van der Waals surface area contributed by atoms with Crippen molar-refractivity contribution >= 4 is 17.4 Å². The lowest BCUT2D eigenvalue weighted by molar-refractivity contribution is 0.0745. The summed E-state index contributed by atoms with van der Waals surface area (Å²) in [6.45, 7) is 4.90.